The van der Waals surface area contributed by atoms with E-state index in [4.69, 9.17) is 4.74 Å². The van der Waals surface area contributed by atoms with E-state index in [2.05, 4.69) is 10.3 Å². The average Bonchev–Trinajstić information content (AvgIpc) is 2.85. The number of pyridine rings is 1. The first-order valence-corrected chi connectivity index (χ1v) is 13.5. The number of fused-ring (bicyclic) bond motifs is 1. The van der Waals surface area contributed by atoms with E-state index in [1.165, 1.54) is 38.5 Å². The van der Waals surface area contributed by atoms with Crippen LogP contribution in [-0.4, -0.2) is 34.6 Å². The van der Waals surface area contributed by atoms with Crippen molar-refractivity contribution in [2.75, 3.05) is 6.61 Å². The molecular formula is C29H36N2O4. The van der Waals surface area contributed by atoms with E-state index >= 15 is 0 Å². The van der Waals surface area contributed by atoms with Crippen molar-refractivity contribution < 1.29 is 19.4 Å². The summed E-state index contributed by atoms with van der Waals surface area (Å²) >= 11 is 0. The quantitative estimate of drug-likeness (QED) is 0.544. The zero-order chi connectivity index (χ0) is 24.0. The van der Waals surface area contributed by atoms with Crippen LogP contribution in [0.4, 0.5) is 0 Å². The molecule has 4 bridgehead atoms. The van der Waals surface area contributed by atoms with Crippen LogP contribution in [0.2, 0.25) is 0 Å². The van der Waals surface area contributed by atoms with Crippen LogP contribution in [0.3, 0.4) is 0 Å². The topological polar surface area (TPSA) is 88.5 Å². The molecule has 1 aromatic heterocycles. The van der Waals surface area contributed by atoms with Crippen molar-refractivity contribution in [3.8, 4) is 5.75 Å². The standard InChI is InChI=1S/C29H36N2O4/c32-27(31-26(28(33)34)29-14-19-11-20(15-29)13-21(12-19)16-29)23-9-8-22-7-4-10-30-24(22)25(23)35-17-18-5-2-1-3-6-18/h4,7-10,18-21,26H,1-3,5-6,11-17H2,(H,31,32)(H,33,34)/t19?,20?,21?,26-,29?/m1/s1. The molecular weight excluding hydrogens is 440 g/mol. The van der Waals surface area contributed by atoms with Crippen molar-refractivity contribution in [1.82, 2.24) is 10.3 Å². The third kappa shape index (κ3) is 4.30. The number of hydrogen-bond acceptors (Lipinski definition) is 4. The summed E-state index contributed by atoms with van der Waals surface area (Å²) in [4.78, 5) is 30.8. The number of carbonyl (C=O) groups excluding carboxylic acids is 1. The number of carboxylic acid groups (broad SMARTS) is 1. The number of aromatic nitrogens is 1. The Bertz CT molecular complexity index is 1090. The van der Waals surface area contributed by atoms with E-state index in [0.717, 1.165) is 37.5 Å². The fraction of sp³-hybridized carbons (Fsp3) is 0.621. The third-order valence-corrected chi connectivity index (χ3v) is 9.38. The molecule has 5 saturated carbocycles. The van der Waals surface area contributed by atoms with Gasteiger partial charge in [-0.15, -0.1) is 0 Å². The highest BCUT2D eigenvalue weighted by Crippen LogP contribution is 2.61. The van der Waals surface area contributed by atoms with Crippen LogP contribution in [0.15, 0.2) is 30.5 Å². The molecule has 6 nitrogen and oxygen atoms in total. The Morgan fingerprint density at radius 2 is 1.71 bits per heavy atom. The third-order valence-electron chi connectivity index (χ3n) is 9.38. The van der Waals surface area contributed by atoms with Gasteiger partial charge in [0.15, 0.2) is 5.75 Å². The molecule has 0 unspecified atom stereocenters. The van der Waals surface area contributed by atoms with Gasteiger partial charge in [-0.1, -0.05) is 31.4 Å². The van der Waals surface area contributed by atoms with Crippen LogP contribution < -0.4 is 10.1 Å². The molecule has 5 fully saturated rings. The Morgan fingerprint density at radius 1 is 1.03 bits per heavy atom. The van der Waals surface area contributed by atoms with E-state index in [0.29, 0.717) is 47.1 Å². The van der Waals surface area contributed by atoms with Crippen LogP contribution in [0.25, 0.3) is 10.9 Å². The molecule has 2 aromatic rings. The first-order valence-electron chi connectivity index (χ1n) is 13.5. The van der Waals surface area contributed by atoms with Crippen molar-refractivity contribution in [1.29, 1.82) is 0 Å². The molecule has 5 aliphatic carbocycles. The molecule has 1 atom stereocenters. The minimum Gasteiger partial charge on any atom is -0.490 e. The number of rotatable bonds is 7. The number of carboxylic acids is 1. The lowest BCUT2D eigenvalue weighted by Crippen LogP contribution is -2.59. The van der Waals surface area contributed by atoms with E-state index < -0.39 is 12.0 Å². The summed E-state index contributed by atoms with van der Waals surface area (Å²) < 4.78 is 6.33. The molecule has 0 aliphatic heterocycles. The summed E-state index contributed by atoms with van der Waals surface area (Å²) in [6.07, 6.45) is 14.2. The largest absolute Gasteiger partial charge is 0.490 e. The number of benzene rings is 1. The second-order valence-corrected chi connectivity index (χ2v) is 11.9. The second kappa shape index (κ2) is 9.11. The van der Waals surface area contributed by atoms with E-state index in [1.807, 2.05) is 18.2 Å². The minimum atomic E-state index is -0.913. The predicted molar refractivity (Wildman–Crippen MR) is 133 cm³/mol. The normalized spacial score (nSPS) is 30.8. The molecule has 186 valence electrons. The van der Waals surface area contributed by atoms with Crippen molar-refractivity contribution in [3.05, 3.63) is 36.0 Å². The molecule has 6 heteroatoms. The lowest BCUT2D eigenvalue weighted by Gasteiger charge is -2.58. The zero-order valence-electron chi connectivity index (χ0n) is 20.4. The SMILES string of the molecule is O=C(N[C@H](C(=O)O)C12CC3CC(CC(C3)C1)C2)c1ccc2cccnc2c1OCC1CCCCC1. The van der Waals surface area contributed by atoms with Gasteiger partial charge in [-0.05, 0) is 87.2 Å². The Kier molecular flexibility index (Phi) is 5.93. The first kappa shape index (κ1) is 22.8. The highest BCUT2D eigenvalue weighted by Gasteiger charge is 2.56. The number of nitrogens with one attached hydrogen (secondary N) is 1. The van der Waals surface area contributed by atoms with Crippen LogP contribution in [0.1, 0.15) is 81.0 Å². The summed E-state index contributed by atoms with van der Waals surface area (Å²) in [5, 5.41) is 14.2. The Morgan fingerprint density at radius 3 is 2.37 bits per heavy atom. The van der Waals surface area contributed by atoms with Gasteiger partial charge in [0.1, 0.15) is 11.6 Å². The summed E-state index contributed by atoms with van der Waals surface area (Å²) in [5.74, 6) is 1.53. The van der Waals surface area contributed by atoms with Crippen molar-refractivity contribution in [2.24, 2.45) is 29.1 Å². The summed E-state index contributed by atoms with van der Waals surface area (Å²) in [6.45, 7) is 0.563. The van der Waals surface area contributed by atoms with Crippen LogP contribution >= 0.6 is 0 Å². The lowest BCUT2D eigenvalue weighted by atomic mass is 9.47. The molecule has 1 heterocycles. The molecule has 5 aliphatic rings. The smallest absolute Gasteiger partial charge is 0.326 e. The molecule has 0 spiro atoms. The second-order valence-electron chi connectivity index (χ2n) is 11.9. The average molecular weight is 477 g/mol. The van der Waals surface area contributed by atoms with Crippen LogP contribution in [0.5, 0.6) is 5.75 Å². The van der Waals surface area contributed by atoms with E-state index in [-0.39, 0.29) is 11.3 Å². The van der Waals surface area contributed by atoms with Crippen LogP contribution in [0, 0.1) is 29.1 Å². The maximum Gasteiger partial charge on any atom is 0.326 e. The molecule has 35 heavy (non-hydrogen) atoms. The van der Waals surface area contributed by atoms with Gasteiger partial charge in [0.25, 0.3) is 5.91 Å². The highest BCUT2D eigenvalue weighted by atomic mass is 16.5. The number of hydrogen-bond donors (Lipinski definition) is 2. The van der Waals surface area contributed by atoms with Crippen molar-refractivity contribution in [2.45, 2.75) is 76.7 Å². The number of ether oxygens (including phenoxy) is 1. The molecule has 1 aromatic carbocycles. The monoisotopic (exact) mass is 476 g/mol. The van der Waals surface area contributed by atoms with Gasteiger partial charge in [-0.3, -0.25) is 9.78 Å². The predicted octanol–water partition coefficient (Wildman–Crippen LogP) is 5.59. The van der Waals surface area contributed by atoms with Gasteiger partial charge in [-0.2, -0.15) is 0 Å². The molecule has 1 amide bonds. The highest BCUT2D eigenvalue weighted by molar-refractivity contribution is 6.04. The number of aliphatic carboxylic acids is 1. The maximum atomic E-state index is 13.7. The van der Waals surface area contributed by atoms with Gasteiger partial charge in [-0.25, -0.2) is 4.79 Å². The van der Waals surface area contributed by atoms with Crippen molar-refractivity contribution in [3.63, 3.8) is 0 Å². The fourth-order valence-electron chi connectivity index (χ4n) is 8.22. The van der Waals surface area contributed by atoms with E-state index in [1.54, 1.807) is 12.3 Å². The Balaban J connectivity index is 1.29. The Labute approximate surface area is 206 Å². The summed E-state index contributed by atoms with van der Waals surface area (Å²) in [6, 6.07) is 6.63. The zero-order valence-corrected chi connectivity index (χ0v) is 20.4. The fourth-order valence-corrected chi connectivity index (χ4v) is 8.22. The minimum absolute atomic E-state index is 0.325. The molecule has 0 saturated heterocycles. The van der Waals surface area contributed by atoms with E-state index in [9.17, 15) is 14.7 Å². The number of carbonyl (C=O) groups is 2. The van der Waals surface area contributed by atoms with Gasteiger partial charge in [0.05, 0.1) is 12.2 Å². The maximum absolute atomic E-state index is 13.7. The van der Waals surface area contributed by atoms with Gasteiger partial charge in [0.2, 0.25) is 0 Å². The first-order chi connectivity index (χ1) is 17.0. The molecule has 7 rings (SSSR count). The number of nitrogens with zero attached hydrogens (tertiary/aromatic N) is 1. The number of amides is 1. The van der Waals surface area contributed by atoms with Gasteiger partial charge in [0, 0.05) is 17.0 Å². The van der Waals surface area contributed by atoms with Crippen LogP contribution in [-0.2, 0) is 4.79 Å². The summed E-state index contributed by atoms with van der Waals surface area (Å²) in [7, 11) is 0. The van der Waals surface area contributed by atoms with Gasteiger partial charge < -0.3 is 15.2 Å². The molecule has 0 radical (unpaired) electrons. The van der Waals surface area contributed by atoms with Gasteiger partial charge >= 0.3 is 5.97 Å². The lowest BCUT2D eigenvalue weighted by molar-refractivity contribution is -0.150. The van der Waals surface area contributed by atoms with Crippen molar-refractivity contribution >= 4 is 22.8 Å². The summed E-state index contributed by atoms with van der Waals surface area (Å²) in [5.41, 5.74) is 0.731. The Hall–Kier alpha value is -2.63. The molecule has 2 N–H and O–H groups in total.